The monoisotopic (exact) mass is 184 g/mol. The van der Waals surface area contributed by atoms with Crippen LogP contribution in [0.5, 0.6) is 0 Å². The number of rotatable bonds is 5. The minimum absolute atomic E-state index is 0.435. The Bertz CT molecular complexity index is 196. The number of nitrogens with one attached hydrogen (secondary N) is 1. The van der Waals surface area contributed by atoms with Crippen molar-refractivity contribution in [1.29, 1.82) is 0 Å². The molecule has 0 radical (unpaired) electrons. The molecule has 1 aromatic heterocycles. The molecule has 1 rings (SSSR count). The third kappa shape index (κ3) is 3.34. The smallest absolute Gasteiger partial charge is 0.0182 e. The first kappa shape index (κ1) is 9.71. The fourth-order valence-electron chi connectivity index (χ4n) is 1.12. The van der Waals surface area contributed by atoms with Gasteiger partial charge in [-0.2, -0.15) is 0 Å². The molecular formula is C9H16N2S. The molecule has 1 unspecified atom stereocenters. The highest BCUT2D eigenvalue weighted by atomic mass is 32.1. The SMILES string of the molecule is CC(CCCc1cccs1)NN. The van der Waals surface area contributed by atoms with Crippen LogP contribution in [0.3, 0.4) is 0 Å². The molecule has 1 heterocycles. The summed E-state index contributed by atoms with van der Waals surface area (Å²) < 4.78 is 0. The number of nitrogens with two attached hydrogens (primary N) is 1. The Balaban J connectivity index is 2.11. The normalized spacial score (nSPS) is 13.2. The van der Waals surface area contributed by atoms with E-state index in [1.165, 1.54) is 17.7 Å². The molecule has 1 atom stereocenters. The number of hydrogen-bond donors (Lipinski definition) is 2. The van der Waals surface area contributed by atoms with Crippen molar-refractivity contribution in [3.8, 4) is 0 Å². The second-order valence-corrected chi connectivity index (χ2v) is 4.07. The Labute approximate surface area is 77.8 Å². The fraction of sp³-hybridized carbons (Fsp3) is 0.556. The molecule has 0 spiro atoms. The molecule has 0 bridgehead atoms. The summed E-state index contributed by atoms with van der Waals surface area (Å²) in [6.45, 7) is 2.11. The average Bonchev–Trinajstić information content (AvgIpc) is 2.57. The molecule has 68 valence electrons. The van der Waals surface area contributed by atoms with Crippen molar-refractivity contribution in [2.45, 2.75) is 32.2 Å². The number of thiophene rings is 1. The molecule has 3 N–H and O–H groups in total. The molecule has 1 aromatic rings. The standard InChI is InChI=1S/C9H16N2S/c1-8(11-10)4-2-5-9-6-3-7-12-9/h3,6-8,11H,2,4-5,10H2,1H3. The van der Waals surface area contributed by atoms with E-state index in [1.807, 2.05) is 11.3 Å². The molecule has 0 aliphatic carbocycles. The van der Waals surface area contributed by atoms with E-state index in [2.05, 4.69) is 29.9 Å². The van der Waals surface area contributed by atoms with Crippen LogP contribution >= 0.6 is 11.3 Å². The largest absolute Gasteiger partial charge is 0.271 e. The first-order valence-electron chi connectivity index (χ1n) is 4.31. The molecular weight excluding hydrogens is 168 g/mol. The fourth-order valence-corrected chi connectivity index (χ4v) is 1.87. The Morgan fingerprint density at radius 1 is 1.67 bits per heavy atom. The van der Waals surface area contributed by atoms with Gasteiger partial charge < -0.3 is 0 Å². The van der Waals surface area contributed by atoms with Crippen LogP contribution in [0, 0.1) is 0 Å². The van der Waals surface area contributed by atoms with E-state index in [4.69, 9.17) is 5.84 Å². The van der Waals surface area contributed by atoms with E-state index < -0.39 is 0 Å². The molecule has 12 heavy (non-hydrogen) atoms. The van der Waals surface area contributed by atoms with Crippen LogP contribution in [0.4, 0.5) is 0 Å². The highest BCUT2D eigenvalue weighted by molar-refractivity contribution is 7.09. The maximum Gasteiger partial charge on any atom is 0.0182 e. The Morgan fingerprint density at radius 2 is 2.50 bits per heavy atom. The lowest BCUT2D eigenvalue weighted by atomic mass is 10.1. The van der Waals surface area contributed by atoms with Crippen LogP contribution in [0.2, 0.25) is 0 Å². The summed E-state index contributed by atoms with van der Waals surface area (Å²) >= 11 is 1.83. The Kier molecular flexibility index (Phi) is 4.29. The van der Waals surface area contributed by atoms with E-state index in [0.29, 0.717) is 6.04 Å². The van der Waals surface area contributed by atoms with E-state index in [1.54, 1.807) is 0 Å². The predicted octanol–water partition coefficient (Wildman–Crippen LogP) is 1.92. The maximum atomic E-state index is 5.28. The highest BCUT2D eigenvalue weighted by Gasteiger charge is 1.98. The molecule has 0 amide bonds. The topological polar surface area (TPSA) is 38.0 Å². The van der Waals surface area contributed by atoms with E-state index in [9.17, 15) is 0 Å². The van der Waals surface area contributed by atoms with Gasteiger partial charge in [0, 0.05) is 10.9 Å². The van der Waals surface area contributed by atoms with Crippen LogP contribution in [0.15, 0.2) is 17.5 Å². The predicted molar refractivity (Wildman–Crippen MR) is 54.0 cm³/mol. The first-order valence-corrected chi connectivity index (χ1v) is 5.19. The van der Waals surface area contributed by atoms with Gasteiger partial charge in [0.1, 0.15) is 0 Å². The zero-order valence-electron chi connectivity index (χ0n) is 7.42. The van der Waals surface area contributed by atoms with Crippen molar-refractivity contribution in [2.24, 2.45) is 5.84 Å². The summed E-state index contributed by atoms with van der Waals surface area (Å²) in [6, 6.07) is 4.72. The second-order valence-electron chi connectivity index (χ2n) is 3.04. The van der Waals surface area contributed by atoms with Gasteiger partial charge in [-0.15, -0.1) is 11.3 Å². The van der Waals surface area contributed by atoms with Crippen LogP contribution in [-0.4, -0.2) is 6.04 Å². The van der Waals surface area contributed by atoms with Crippen molar-refractivity contribution >= 4 is 11.3 Å². The van der Waals surface area contributed by atoms with Gasteiger partial charge in [0.05, 0.1) is 0 Å². The number of hydrazine groups is 1. The lowest BCUT2D eigenvalue weighted by Crippen LogP contribution is -2.32. The van der Waals surface area contributed by atoms with Gasteiger partial charge in [-0.3, -0.25) is 11.3 Å². The van der Waals surface area contributed by atoms with Crippen molar-refractivity contribution < 1.29 is 0 Å². The first-order chi connectivity index (χ1) is 5.83. The minimum atomic E-state index is 0.435. The van der Waals surface area contributed by atoms with E-state index in [0.717, 1.165) is 6.42 Å². The molecule has 0 fully saturated rings. The number of hydrogen-bond acceptors (Lipinski definition) is 3. The average molecular weight is 184 g/mol. The summed E-state index contributed by atoms with van der Waals surface area (Å²) in [5, 5.41) is 2.12. The van der Waals surface area contributed by atoms with Crippen molar-refractivity contribution in [2.75, 3.05) is 0 Å². The van der Waals surface area contributed by atoms with Crippen molar-refractivity contribution in [1.82, 2.24) is 5.43 Å². The Morgan fingerprint density at radius 3 is 3.08 bits per heavy atom. The van der Waals surface area contributed by atoms with Crippen LogP contribution in [-0.2, 0) is 6.42 Å². The van der Waals surface area contributed by atoms with Crippen molar-refractivity contribution in [3.05, 3.63) is 22.4 Å². The van der Waals surface area contributed by atoms with Crippen LogP contribution in [0.25, 0.3) is 0 Å². The number of aryl methyl sites for hydroxylation is 1. The highest BCUT2D eigenvalue weighted by Crippen LogP contribution is 2.12. The summed E-state index contributed by atoms with van der Waals surface area (Å²) in [4.78, 5) is 1.47. The summed E-state index contributed by atoms with van der Waals surface area (Å²) in [5.74, 6) is 5.28. The van der Waals surface area contributed by atoms with Crippen LogP contribution in [0.1, 0.15) is 24.6 Å². The molecule has 3 heteroatoms. The minimum Gasteiger partial charge on any atom is -0.271 e. The molecule has 0 saturated carbocycles. The van der Waals surface area contributed by atoms with Gasteiger partial charge in [-0.1, -0.05) is 6.07 Å². The van der Waals surface area contributed by atoms with Gasteiger partial charge in [0.15, 0.2) is 0 Å². The molecule has 0 aliphatic rings. The summed E-state index contributed by atoms with van der Waals surface area (Å²) in [5.41, 5.74) is 2.75. The maximum absolute atomic E-state index is 5.28. The molecule has 2 nitrogen and oxygen atoms in total. The van der Waals surface area contributed by atoms with Crippen LogP contribution < -0.4 is 11.3 Å². The summed E-state index contributed by atoms with van der Waals surface area (Å²) in [6.07, 6.45) is 3.55. The summed E-state index contributed by atoms with van der Waals surface area (Å²) in [7, 11) is 0. The van der Waals surface area contributed by atoms with Gasteiger partial charge in [-0.05, 0) is 37.6 Å². The van der Waals surface area contributed by atoms with Gasteiger partial charge >= 0.3 is 0 Å². The zero-order chi connectivity index (χ0) is 8.81. The lowest BCUT2D eigenvalue weighted by Gasteiger charge is -2.07. The van der Waals surface area contributed by atoms with E-state index in [-0.39, 0.29) is 0 Å². The van der Waals surface area contributed by atoms with Gasteiger partial charge in [-0.25, -0.2) is 0 Å². The molecule has 0 aliphatic heterocycles. The third-order valence-electron chi connectivity index (χ3n) is 1.92. The molecule has 0 saturated heterocycles. The quantitative estimate of drug-likeness (QED) is 0.542. The lowest BCUT2D eigenvalue weighted by molar-refractivity contribution is 0.514. The van der Waals surface area contributed by atoms with Crippen molar-refractivity contribution in [3.63, 3.8) is 0 Å². The van der Waals surface area contributed by atoms with E-state index >= 15 is 0 Å². The van der Waals surface area contributed by atoms with Gasteiger partial charge in [0.2, 0.25) is 0 Å². The Hall–Kier alpha value is -0.380. The van der Waals surface area contributed by atoms with Gasteiger partial charge in [0.25, 0.3) is 0 Å². The third-order valence-corrected chi connectivity index (χ3v) is 2.86. The second kappa shape index (κ2) is 5.30. The molecule has 0 aromatic carbocycles. The zero-order valence-corrected chi connectivity index (χ0v) is 8.23.